The highest BCUT2D eigenvalue weighted by Gasteiger charge is 2.15. The number of ether oxygens (including phenoxy) is 1. The van der Waals surface area contributed by atoms with Gasteiger partial charge in [-0.2, -0.15) is 10.1 Å². The van der Waals surface area contributed by atoms with Crippen LogP contribution in [0.25, 0.3) is 0 Å². The van der Waals surface area contributed by atoms with Crippen LogP contribution in [0.3, 0.4) is 0 Å². The van der Waals surface area contributed by atoms with Gasteiger partial charge in [-0.25, -0.2) is 0 Å². The summed E-state index contributed by atoms with van der Waals surface area (Å²) in [4.78, 5) is 6.87. The third-order valence-corrected chi connectivity index (χ3v) is 4.26. The van der Waals surface area contributed by atoms with Crippen molar-refractivity contribution in [3.8, 4) is 5.75 Å². The summed E-state index contributed by atoms with van der Waals surface area (Å²) < 4.78 is 5.42. The van der Waals surface area contributed by atoms with Gasteiger partial charge >= 0.3 is 0 Å². The van der Waals surface area contributed by atoms with Gasteiger partial charge in [0.05, 0.1) is 19.0 Å². The van der Waals surface area contributed by atoms with Crippen LogP contribution in [0, 0.1) is 6.92 Å². The molecule has 0 aliphatic carbocycles. The second-order valence-electron chi connectivity index (χ2n) is 6.67. The third-order valence-electron chi connectivity index (χ3n) is 4.26. The van der Waals surface area contributed by atoms with Crippen LogP contribution in [-0.2, 0) is 6.54 Å². The first kappa shape index (κ1) is 18.6. The molecule has 0 atom stereocenters. The average molecular weight is 363 g/mol. The molecule has 0 aliphatic heterocycles. The van der Waals surface area contributed by atoms with Crippen molar-refractivity contribution in [1.29, 1.82) is 0 Å². The van der Waals surface area contributed by atoms with Gasteiger partial charge in [0, 0.05) is 12.6 Å². The lowest BCUT2D eigenvalue weighted by Gasteiger charge is -2.27. The fraction of sp³-hybridized carbons (Fsp3) is 0.286. The second kappa shape index (κ2) is 8.49. The van der Waals surface area contributed by atoms with E-state index in [9.17, 15) is 0 Å². The van der Waals surface area contributed by atoms with Gasteiger partial charge in [-0.15, -0.1) is 5.10 Å². The predicted molar refractivity (Wildman–Crippen MR) is 109 cm³/mol. The molecule has 2 aromatic carbocycles. The number of hydrogen-bond acceptors (Lipinski definition) is 6. The summed E-state index contributed by atoms with van der Waals surface area (Å²) >= 11 is 0. The summed E-state index contributed by atoms with van der Waals surface area (Å²) in [7, 11) is 1.64. The highest BCUT2D eigenvalue weighted by Crippen LogP contribution is 2.28. The van der Waals surface area contributed by atoms with E-state index < -0.39 is 0 Å². The van der Waals surface area contributed by atoms with Crippen molar-refractivity contribution in [3.63, 3.8) is 0 Å². The molecule has 3 aromatic rings. The number of aromatic nitrogens is 3. The zero-order chi connectivity index (χ0) is 19.2. The van der Waals surface area contributed by atoms with Gasteiger partial charge in [-0.3, -0.25) is 0 Å². The van der Waals surface area contributed by atoms with Gasteiger partial charge in [0.15, 0.2) is 5.82 Å². The second-order valence-corrected chi connectivity index (χ2v) is 6.67. The summed E-state index contributed by atoms with van der Waals surface area (Å²) in [5.74, 6) is 1.95. The molecule has 1 aromatic heterocycles. The quantitative estimate of drug-likeness (QED) is 0.673. The average Bonchev–Trinajstić information content (AvgIpc) is 2.67. The van der Waals surface area contributed by atoms with E-state index in [-0.39, 0.29) is 6.04 Å². The number of methoxy groups -OCH3 is 1. The van der Waals surface area contributed by atoms with Crippen molar-refractivity contribution in [3.05, 3.63) is 65.9 Å². The van der Waals surface area contributed by atoms with Crippen molar-refractivity contribution in [1.82, 2.24) is 15.2 Å². The van der Waals surface area contributed by atoms with E-state index in [1.165, 1.54) is 5.56 Å². The Bertz CT molecular complexity index is 883. The van der Waals surface area contributed by atoms with Crippen molar-refractivity contribution in [2.75, 3.05) is 17.3 Å². The maximum Gasteiger partial charge on any atom is 0.249 e. The zero-order valence-corrected chi connectivity index (χ0v) is 16.2. The van der Waals surface area contributed by atoms with Crippen LogP contribution < -0.4 is 15.0 Å². The molecule has 0 unspecified atom stereocenters. The minimum atomic E-state index is 0.267. The van der Waals surface area contributed by atoms with Gasteiger partial charge < -0.3 is 15.0 Å². The lowest BCUT2D eigenvalue weighted by Crippen LogP contribution is -2.31. The Morgan fingerprint density at radius 3 is 2.59 bits per heavy atom. The molecule has 1 heterocycles. The molecular weight excluding hydrogens is 338 g/mol. The van der Waals surface area contributed by atoms with Crippen molar-refractivity contribution in [2.24, 2.45) is 0 Å². The van der Waals surface area contributed by atoms with Crippen molar-refractivity contribution in [2.45, 2.75) is 33.4 Å². The smallest absolute Gasteiger partial charge is 0.249 e. The Morgan fingerprint density at radius 1 is 1.11 bits per heavy atom. The van der Waals surface area contributed by atoms with E-state index in [0.717, 1.165) is 29.4 Å². The number of nitrogens with one attached hydrogen (secondary N) is 1. The molecule has 0 bridgehead atoms. The van der Waals surface area contributed by atoms with Gasteiger partial charge in [0.1, 0.15) is 5.75 Å². The Hall–Kier alpha value is -3.15. The molecule has 140 valence electrons. The van der Waals surface area contributed by atoms with Gasteiger partial charge in [0.2, 0.25) is 5.95 Å². The fourth-order valence-corrected chi connectivity index (χ4v) is 2.83. The Balaban J connectivity index is 1.86. The molecule has 0 aliphatic rings. The summed E-state index contributed by atoms with van der Waals surface area (Å²) in [6.07, 6.45) is 1.70. The number of nitrogens with zero attached hydrogens (tertiary/aromatic N) is 4. The van der Waals surface area contributed by atoms with E-state index in [2.05, 4.69) is 51.4 Å². The third kappa shape index (κ3) is 4.73. The van der Waals surface area contributed by atoms with E-state index in [0.29, 0.717) is 5.95 Å². The Morgan fingerprint density at radius 2 is 1.89 bits per heavy atom. The van der Waals surface area contributed by atoms with Gasteiger partial charge in [0.25, 0.3) is 0 Å². The van der Waals surface area contributed by atoms with Crippen LogP contribution >= 0.6 is 0 Å². The highest BCUT2D eigenvalue weighted by atomic mass is 16.5. The van der Waals surface area contributed by atoms with Gasteiger partial charge in [-0.1, -0.05) is 36.4 Å². The van der Waals surface area contributed by atoms with Gasteiger partial charge in [-0.05, 0) is 44.0 Å². The number of benzene rings is 2. The number of aryl methyl sites for hydroxylation is 1. The number of anilines is 3. The fourth-order valence-electron chi connectivity index (χ4n) is 2.83. The maximum atomic E-state index is 5.42. The Kier molecular flexibility index (Phi) is 5.86. The summed E-state index contributed by atoms with van der Waals surface area (Å²) in [6.45, 7) is 7.06. The highest BCUT2D eigenvalue weighted by molar-refractivity contribution is 5.64. The molecule has 1 N–H and O–H groups in total. The lowest BCUT2D eigenvalue weighted by atomic mass is 10.2. The molecule has 6 heteroatoms. The van der Waals surface area contributed by atoms with E-state index in [1.807, 2.05) is 43.3 Å². The largest absolute Gasteiger partial charge is 0.495 e. The number of hydrogen-bond donors (Lipinski definition) is 1. The lowest BCUT2D eigenvalue weighted by molar-refractivity contribution is 0.416. The molecule has 3 rings (SSSR count). The van der Waals surface area contributed by atoms with Crippen molar-refractivity contribution >= 4 is 17.5 Å². The molecule has 27 heavy (non-hydrogen) atoms. The summed E-state index contributed by atoms with van der Waals surface area (Å²) in [6, 6.07) is 16.5. The molecule has 0 amide bonds. The van der Waals surface area contributed by atoms with Crippen LogP contribution in [-0.4, -0.2) is 28.3 Å². The maximum absolute atomic E-state index is 5.42. The van der Waals surface area contributed by atoms with E-state index in [4.69, 9.17) is 4.74 Å². The standard InChI is InChI=1S/C21H25N5O/c1-15(2)26(14-17-8-6-5-7-9-17)20-13-22-25-21(24-20)23-18-12-16(3)10-11-19(18)27-4/h5-13,15H,14H2,1-4H3,(H,23,24,25). The topological polar surface area (TPSA) is 63.2 Å². The summed E-state index contributed by atoms with van der Waals surface area (Å²) in [5, 5.41) is 11.5. The molecule has 0 fully saturated rings. The predicted octanol–water partition coefficient (Wildman–Crippen LogP) is 4.35. The van der Waals surface area contributed by atoms with Crippen LogP contribution in [0.15, 0.2) is 54.7 Å². The minimum Gasteiger partial charge on any atom is -0.495 e. The zero-order valence-electron chi connectivity index (χ0n) is 16.2. The molecule has 0 spiro atoms. The van der Waals surface area contributed by atoms with Crippen LogP contribution in [0.5, 0.6) is 5.75 Å². The first-order valence-electron chi connectivity index (χ1n) is 8.99. The van der Waals surface area contributed by atoms with E-state index in [1.54, 1.807) is 13.3 Å². The molecular formula is C21H25N5O. The minimum absolute atomic E-state index is 0.267. The first-order valence-corrected chi connectivity index (χ1v) is 8.99. The molecule has 0 saturated heterocycles. The monoisotopic (exact) mass is 363 g/mol. The van der Waals surface area contributed by atoms with E-state index >= 15 is 0 Å². The van der Waals surface area contributed by atoms with Crippen LogP contribution in [0.1, 0.15) is 25.0 Å². The number of rotatable bonds is 7. The SMILES string of the molecule is COc1ccc(C)cc1Nc1nncc(N(Cc2ccccc2)C(C)C)n1. The normalized spacial score (nSPS) is 10.7. The van der Waals surface area contributed by atoms with Crippen LogP contribution in [0.4, 0.5) is 17.5 Å². The Labute approximate surface area is 160 Å². The summed E-state index contributed by atoms with van der Waals surface area (Å²) in [5.41, 5.74) is 3.16. The molecule has 6 nitrogen and oxygen atoms in total. The molecule has 0 radical (unpaired) electrons. The first-order chi connectivity index (χ1) is 13.1. The molecule has 0 saturated carbocycles. The van der Waals surface area contributed by atoms with Crippen LogP contribution in [0.2, 0.25) is 0 Å². The van der Waals surface area contributed by atoms with Crippen molar-refractivity contribution < 1.29 is 4.74 Å².